The summed E-state index contributed by atoms with van der Waals surface area (Å²) in [4.78, 5) is 2.40. The molecule has 0 N–H and O–H groups in total. The van der Waals surface area contributed by atoms with Crippen LogP contribution in [0.15, 0.2) is 253 Å². The molecule has 15 rings (SSSR count). The van der Waals surface area contributed by atoms with Gasteiger partial charge in [0.25, 0.3) is 0 Å². The van der Waals surface area contributed by atoms with Gasteiger partial charge in [-0.2, -0.15) is 0 Å². The first-order valence-corrected chi connectivity index (χ1v) is 25.2. The second-order valence-corrected chi connectivity index (χ2v) is 20.1. The fourth-order valence-electron chi connectivity index (χ4n) is 12.2. The van der Waals surface area contributed by atoms with Gasteiger partial charge in [0, 0.05) is 66.2 Å². The Hall–Kier alpha value is -9.38. The predicted molar refractivity (Wildman–Crippen MR) is 306 cm³/mol. The molecule has 0 aliphatic heterocycles. The summed E-state index contributed by atoms with van der Waals surface area (Å²) >= 11 is 0. The summed E-state index contributed by atoms with van der Waals surface area (Å²) < 4.78 is 12.2. The topological polar surface area (TPSA) is 26.2 Å². The van der Waals surface area contributed by atoms with Crippen LogP contribution < -0.4 is 4.90 Å². The maximum atomic E-state index is 7.37. The van der Waals surface area contributed by atoms with Crippen LogP contribution in [0.4, 0.5) is 17.1 Å². The first-order valence-electron chi connectivity index (χ1n) is 25.2. The van der Waals surface area contributed by atoms with Gasteiger partial charge < -0.3 is 18.5 Å². The van der Waals surface area contributed by atoms with Gasteiger partial charge in [0.2, 0.25) is 0 Å². The highest BCUT2D eigenvalue weighted by atomic mass is 16.3. The summed E-state index contributed by atoms with van der Waals surface area (Å²) in [7, 11) is 0. The lowest BCUT2D eigenvalue weighted by molar-refractivity contribution is 0.660. The van der Waals surface area contributed by atoms with Crippen LogP contribution in [0.5, 0.6) is 0 Å². The van der Waals surface area contributed by atoms with Crippen LogP contribution in [0.1, 0.15) is 25.0 Å². The van der Waals surface area contributed by atoms with Crippen LogP contribution in [0.3, 0.4) is 0 Å². The van der Waals surface area contributed by atoms with Gasteiger partial charge in [-0.1, -0.05) is 178 Å². The van der Waals surface area contributed by atoms with Crippen molar-refractivity contribution in [2.75, 3.05) is 4.90 Å². The first kappa shape index (κ1) is 41.4. The molecule has 0 atom stereocenters. The molecule has 3 aromatic heterocycles. The van der Waals surface area contributed by atoms with Gasteiger partial charge in [0.15, 0.2) is 11.2 Å². The Balaban J connectivity index is 0.883. The normalized spacial score (nSPS) is 12.9. The molecule has 0 unspecified atom stereocenters. The van der Waals surface area contributed by atoms with E-state index in [-0.39, 0.29) is 5.41 Å². The molecule has 11 aromatic carbocycles. The van der Waals surface area contributed by atoms with E-state index in [1.54, 1.807) is 0 Å². The van der Waals surface area contributed by atoms with Gasteiger partial charge in [-0.3, -0.25) is 0 Å². The van der Waals surface area contributed by atoms with E-state index in [0.29, 0.717) is 0 Å². The number of benzene rings is 11. The Morgan fingerprint density at radius 1 is 0.329 bits per heavy atom. The Bertz CT molecular complexity index is 4400. The second kappa shape index (κ2) is 15.8. The largest absolute Gasteiger partial charge is 0.452 e. The number of nitrogens with zero attached hydrogens (tertiary/aromatic N) is 3. The number of rotatable bonds is 7. The first-order chi connectivity index (χ1) is 36.0. The van der Waals surface area contributed by atoms with Gasteiger partial charge in [-0.15, -0.1) is 0 Å². The zero-order valence-electron chi connectivity index (χ0n) is 40.4. The van der Waals surface area contributed by atoms with Gasteiger partial charge in [-0.25, -0.2) is 0 Å². The standard InChI is InChI=1S/C69H47N3O/c1-69(2)61-42-51(70(49-30-26-46(27-31-49)44-16-6-3-7-17-44)50-32-28-47(29-33-50)45-18-8-4-9-19-45)34-36-53(61)54-37-35-52(43-62(54)69)72-64-25-15-13-23-56(64)58-39-41-60-59-40-38-57-55-22-12-14-24-63(55)71(48-20-10-5-11-21-48)65(57)67(59)73-68(60)66(58)72/h3-43H,1-2H3. The average molecular weight is 934 g/mol. The van der Waals surface area contributed by atoms with E-state index < -0.39 is 0 Å². The molecule has 14 aromatic rings. The molecule has 73 heavy (non-hydrogen) atoms. The summed E-state index contributed by atoms with van der Waals surface area (Å²) in [6, 6.07) is 90.6. The summed E-state index contributed by atoms with van der Waals surface area (Å²) in [5.74, 6) is 0. The van der Waals surface area contributed by atoms with E-state index in [9.17, 15) is 0 Å². The van der Waals surface area contributed by atoms with Crippen molar-refractivity contribution in [1.82, 2.24) is 9.13 Å². The molecular formula is C69H47N3O. The van der Waals surface area contributed by atoms with Crippen LogP contribution in [0.25, 0.3) is 110 Å². The molecule has 0 spiro atoms. The number of hydrogen-bond donors (Lipinski definition) is 0. The minimum Gasteiger partial charge on any atom is -0.452 e. The average Bonchev–Trinajstić information content (AvgIpc) is 4.18. The quantitative estimate of drug-likeness (QED) is 0.159. The summed E-state index contributed by atoms with van der Waals surface area (Å²) in [6.07, 6.45) is 0. The number of fused-ring (bicyclic) bond motifs is 14. The zero-order chi connectivity index (χ0) is 48.4. The van der Waals surface area contributed by atoms with Crippen LogP contribution in [-0.2, 0) is 5.41 Å². The fourth-order valence-corrected chi connectivity index (χ4v) is 12.2. The van der Waals surface area contributed by atoms with Crippen molar-refractivity contribution in [2.24, 2.45) is 0 Å². The van der Waals surface area contributed by atoms with Crippen molar-refractivity contribution in [3.8, 4) is 44.8 Å². The molecule has 4 heteroatoms. The summed E-state index contributed by atoms with van der Waals surface area (Å²) in [6.45, 7) is 4.78. The minimum absolute atomic E-state index is 0.305. The van der Waals surface area contributed by atoms with Gasteiger partial charge in [-0.05, 0) is 129 Å². The van der Waals surface area contributed by atoms with E-state index >= 15 is 0 Å². The molecule has 4 nitrogen and oxygen atoms in total. The Labute approximate surface area is 422 Å². The second-order valence-electron chi connectivity index (χ2n) is 20.1. The van der Waals surface area contributed by atoms with Gasteiger partial charge >= 0.3 is 0 Å². The molecule has 0 amide bonds. The Morgan fingerprint density at radius 2 is 0.740 bits per heavy atom. The Kier molecular flexibility index (Phi) is 8.97. The molecule has 0 fully saturated rings. The number of para-hydroxylation sites is 3. The third kappa shape index (κ3) is 6.20. The molecule has 0 saturated carbocycles. The van der Waals surface area contributed by atoms with Crippen LogP contribution in [0.2, 0.25) is 0 Å². The van der Waals surface area contributed by atoms with E-state index in [1.807, 2.05) is 0 Å². The molecule has 0 bridgehead atoms. The SMILES string of the molecule is CC1(C)c2cc(N(c3ccc(-c4ccccc4)cc3)c3ccc(-c4ccccc4)cc3)ccc2-c2ccc(-n3c4ccccc4c4ccc5c6ccc7c8ccccc8n(-c8ccccc8)c7c6oc5c43)cc21. The maximum absolute atomic E-state index is 7.37. The van der Waals surface area contributed by atoms with Crippen molar-refractivity contribution < 1.29 is 4.42 Å². The van der Waals surface area contributed by atoms with E-state index in [2.05, 4.69) is 277 Å². The molecule has 344 valence electrons. The van der Waals surface area contributed by atoms with E-state index in [0.717, 1.165) is 72.4 Å². The van der Waals surface area contributed by atoms with Crippen molar-refractivity contribution in [3.05, 3.63) is 260 Å². The number of aromatic nitrogens is 2. The smallest absolute Gasteiger partial charge is 0.160 e. The fraction of sp³-hybridized carbons (Fsp3) is 0.0435. The predicted octanol–water partition coefficient (Wildman–Crippen LogP) is 18.9. The zero-order valence-corrected chi connectivity index (χ0v) is 40.4. The minimum atomic E-state index is -0.305. The third-order valence-corrected chi connectivity index (χ3v) is 15.7. The molecular weight excluding hydrogens is 887 g/mol. The number of furan rings is 1. The van der Waals surface area contributed by atoms with Gasteiger partial charge in [0.05, 0.1) is 22.1 Å². The molecule has 1 aliphatic rings. The summed E-state index contributed by atoms with van der Waals surface area (Å²) in [5.41, 5.74) is 21.5. The van der Waals surface area contributed by atoms with Gasteiger partial charge in [0.1, 0.15) is 0 Å². The lowest BCUT2D eigenvalue weighted by Gasteiger charge is -2.28. The van der Waals surface area contributed by atoms with Crippen LogP contribution >= 0.6 is 0 Å². The molecule has 0 saturated heterocycles. The molecule has 3 heterocycles. The van der Waals surface area contributed by atoms with Crippen LogP contribution in [0, 0.1) is 0 Å². The molecule has 1 aliphatic carbocycles. The number of anilines is 3. The highest BCUT2D eigenvalue weighted by Gasteiger charge is 2.37. The highest BCUT2D eigenvalue weighted by molar-refractivity contribution is 6.26. The molecule has 0 radical (unpaired) electrons. The number of hydrogen-bond acceptors (Lipinski definition) is 2. The van der Waals surface area contributed by atoms with Crippen molar-refractivity contribution in [3.63, 3.8) is 0 Å². The van der Waals surface area contributed by atoms with Crippen molar-refractivity contribution in [2.45, 2.75) is 19.3 Å². The summed E-state index contributed by atoms with van der Waals surface area (Å²) in [5, 5.41) is 6.97. The van der Waals surface area contributed by atoms with E-state index in [1.165, 1.54) is 66.1 Å². The van der Waals surface area contributed by atoms with Crippen LogP contribution in [-0.4, -0.2) is 9.13 Å². The lowest BCUT2D eigenvalue weighted by atomic mass is 9.82. The highest BCUT2D eigenvalue weighted by Crippen LogP contribution is 2.52. The monoisotopic (exact) mass is 933 g/mol. The third-order valence-electron chi connectivity index (χ3n) is 15.7. The lowest BCUT2D eigenvalue weighted by Crippen LogP contribution is -2.17. The van der Waals surface area contributed by atoms with Crippen molar-refractivity contribution in [1.29, 1.82) is 0 Å². The Morgan fingerprint density at radius 3 is 1.27 bits per heavy atom. The van der Waals surface area contributed by atoms with Crippen molar-refractivity contribution >= 4 is 82.6 Å². The maximum Gasteiger partial charge on any atom is 0.160 e. The van der Waals surface area contributed by atoms with E-state index in [4.69, 9.17) is 4.42 Å².